The summed E-state index contributed by atoms with van der Waals surface area (Å²) in [7, 11) is 0. The molecule has 0 aromatic heterocycles. The van der Waals surface area contributed by atoms with Gasteiger partial charge in [0.25, 0.3) is 5.91 Å². The van der Waals surface area contributed by atoms with Crippen molar-refractivity contribution in [3.63, 3.8) is 0 Å². The molecule has 0 saturated heterocycles. The van der Waals surface area contributed by atoms with E-state index in [1.165, 1.54) is 17.8 Å². The monoisotopic (exact) mass is 333 g/mol. The van der Waals surface area contributed by atoms with E-state index in [0.717, 1.165) is 36.6 Å². The highest BCUT2D eigenvalue weighted by atomic mass is 32.2. The number of para-hydroxylation sites is 1. The molecule has 0 atom stereocenters. The molecule has 23 heavy (non-hydrogen) atoms. The lowest BCUT2D eigenvalue weighted by Crippen LogP contribution is -2.29. The molecule has 0 aliphatic carbocycles. The fraction of sp³-hybridized carbons (Fsp3) is 0.412. The minimum absolute atomic E-state index is 0.221. The maximum Gasteiger partial charge on any atom is 0.262 e. The number of anilines is 1. The first-order valence-electron chi connectivity index (χ1n) is 7.94. The van der Waals surface area contributed by atoms with Crippen LogP contribution in [0, 0.1) is 0 Å². The summed E-state index contributed by atoms with van der Waals surface area (Å²) in [6.45, 7) is 7.87. The van der Waals surface area contributed by atoms with Crippen molar-refractivity contribution in [2.45, 2.75) is 25.2 Å². The largest absolute Gasteiger partial charge is 0.352 e. The average molecular weight is 333 g/mol. The highest BCUT2D eigenvalue weighted by molar-refractivity contribution is 8.04. The van der Waals surface area contributed by atoms with Crippen molar-refractivity contribution in [2.75, 3.05) is 31.5 Å². The predicted octanol–water partition coefficient (Wildman–Crippen LogP) is 2.46. The summed E-state index contributed by atoms with van der Waals surface area (Å²) >= 11 is 1.32. The number of fused-ring (bicyclic) bond motifs is 1. The number of carbonyl (C=O) groups excluding carboxylic acids is 2. The zero-order valence-electron chi connectivity index (χ0n) is 13.6. The number of rotatable bonds is 7. The average Bonchev–Trinajstić information content (AvgIpc) is 2.55. The van der Waals surface area contributed by atoms with Gasteiger partial charge in [-0.1, -0.05) is 37.7 Å². The van der Waals surface area contributed by atoms with Crippen molar-refractivity contribution < 1.29 is 9.59 Å². The Balaban J connectivity index is 1.84. The fourth-order valence-electron chi connectivity index (χ4n) is 2.33. The number of carbonyl (C=O) groups is 2. The van der Waals surface area contributed by atoms with Gasteiger partial charge in [-0.25, -0.2) is 0 Å². The summed E-state index contributed by atoms with van der Waals surface area (Å²) in [5.41, 5.74) is 0.791. The smallest absolute Gasteiger partial charge is 0.262 e. The van der Waals surface area contributed by atoms with E-state index in [9.17, 15) is 9.59 Å². The summed E-state index contributed by atoms with van der Waals surface area (Å²) in [5, 5.41) is 5.64. The molecule has 6 heteroatoms. The summed E-state index contributed by atoms with van der Waals surface area (Å²) in [6.07, 6.45) is 2.28. The molecule has 124 valence electrons. The highest BCUT2D eigenvalue weighted by Crippen LogP contribution is 2.37. The van der Waals surface area contributed by atoms with E-state index in [1.807, 2.05) is 24.3 Å². The summed E-state index contributed by atoms with van der Waals surface area (Å²) in [4.78, 5) is 27.6. The molecule has 0 spiro atoms. The molecule has 0 fully saturated rings. The molecule has 2 N–H and O–H groups in total. The maximum absolute atomic E-state index is 12.0. The molecule has 0 bridgehead atoms. The molecular formula is C17H23N3O2S. The van der Waals surface area contributed by atoms with Crippen LogP contribution in [-0.2, 0) is 9.59 Å². The van der Waals surface area contributed by atoms with Gasteiger partial charge in [-0.05, 0) is 38.2 Å². The second-order valence-corrected chi connectivity index (χ2v) is 6.32. The van der Waals surface area contributed by atoms with Crippen molar-refractivity contribution >= 4 is 29.3 Å². The van der Waals surface area contributed by atoms with Gasteiger partial charge in [0.05, 0.1) is 10.6 Å². The molecular weight excluding hydrogens is 310 g/mol. The normalized spacial score (nSPS) is 15.4. The van der Waals surface area contributed by atoms with Crippen molar-refractivity contribution in [2.24, 2.45) is 0 Å². The van der Waals surface area contributed by atoms with Crippen LogP contribution >= 0.6 is 11.8 Å². The summed E-state index contributed by atoms with van der Waals surface area (Å²) in [6, 6.07) is 7.56. The van der Waals surface area contributed by atoms with Crippen molar-refractivity contribution in [3.05, 3.63) is 35.2 Å². The number of hydrogen-bond donors (Lipinski definition) is 2. The van der Waals surface area contributed by atoms with Crippen LogP contribution in [0.1, 0.15) is 20.3 Å². The van der Waals surface area contributed by atoms with E-state index in [1.54, 1.807) is 0 Å². The number of nitrogens with one attached hydrogen (secondary N) is 2. The molecule has 1 aliphatic heterocycles. The van der Waals surface area contributed by atoms with E-state index in [-0.39, 0.29) is 11.8 Å². The third-order valence-electron chi connectivity index (χ3n) is 3.69. The van der Waals surface area contributed by atoms with Gasteiger partial charge in [-0.3, -0.25) is 9.59 Å². The van der Waals surface area contributed by atoms with Crippen LogP contribution in [0.4, 0.5) is 5.69 Å². The lowest BCUT2D eigenvalue weighted by Gasteiger charge is -2.18. The van der Waals surface area contributed by atoms with Gasteiger partial charge in [-0.2, -0.15) is 0 Å². The van der Waals surface area contributed by atoms with Crippen molar-refractivity contribution in [3.8, 4) is 0 Å². The first-order valence-corrected chi connectivity index (χ1v) is 8.75. The number of benzene rings is 1. The molecule has 1 aromatic rings. The minimum atomic E-state index is -0.230. The van der Waals surface area contributed by atoms with E-state index in [0.29, 0.717) is 11.4 Å². The Bertz CT molecular complexity index is 597. The number of hydrogen-bond acceptors (Lipinski definition) is 4. The Morgan fingerprint density at radius 2 is 2.04 bits per heavy atom. The second-order valence-electron chi connectivity index (χ2n) is 5.23. The van der Waals surface area contributed by atoms with Gasteiger partial charge >= 0.3 is 0 Å². The van der Waals surface area contributed by atoms with Crippen LogP contribution in [0.5, 0.6) is 0 Å². The molecule has 0 unspecified atom stereocenters. The Labute approximate surface area is 141 Å². The Kier molecular flexibility index (Phi) is 6.67. The van der Waals surface area contributed by atoms with Crippen LogP contribution in [0.3, 0.4) is 0 Å². The predicted molar refractivity (Wildman–Crippen MR) is 94.4 cm³/mol. The first kappa shape index (κ1) is 17.6. The van der Waals surface area contributed by atoms with E-state index >= 15 is 0 Å². The molecule has 1 heterocycles. The number of amides is 2. The Hall–Kier alpha value is -1.79. The van der Waals surface area contributed by atoms with Gasteiger partial charge in [0.15, 0.2) is 0 Å². The van der Waals surface area contributed by atoms with Crippen LogP contribution in [-0.4, -0.2) is 42.9 Å². The third-order valence-corrected chi connectivity index (χ3v) is 4.79. The molecule has 1 aliphatic rings. The number of thioether (sulfide) groups is 1. The molecule has 0 radical (unpaired) electrons. The van der Waals surface area contributed by atoms with Crippen molar-refractivity contribution in [1.82, 2.24) is 10.2 Å². The molecule has 0 saturated carbocycles. The van der Waals surface area contributed by atoms with Crippen LogP contribution in [0.25, 0.3) is 0 Å². The molecule has 2 rings (SSSR count). The molecule has 2 amide bonds. The van der Waals surface area contributed by atoms with Crippen molar-refractivity contribution in [1.29, 1.82) is 0 Å². The molecule has 5 nitrogen and oxygen atoms in total. The topological polar surface area (TPSA) is 61.4 Å². The lowest BCUT2D eigenvalue weighted by atomic mass is 10.3. The van der Waals surface area contributed by atoms with Gasteiger partial charge in [0, 0.05) is 17.5 Å². The fourth-order valence-corrected chi connectivity index (χ4v) is 3.25. The van der Waals surface area contributed by atoms with Gasteiger partial charge < -0.3 is 15.5 Å². The second kappa shape index (κ2) is 8.74. The SMILES string of the molecule is CCN(CC)CCCNC(=O)C=C1Sc2ccccc2NC1=O. The summed E-state index contributed by atoms with van der Waals surface area (Å²) < 4.78 is 0. The lowest BCUT2D eigenvalue weighted by molar-refractivity contribution is -0.117. The zero-order chi connectivity index (χ0) is 16.7. The summed E-state index contributed by atoms with van der Waals surface area (Å²) in [5.74, 6) is -0.450. The van der Waals surface area contributed by atoms with E-state index in [2.05, 4.69) is 29.4 Å². The van der Waals surface area contributed by atoms with Gasteiger partial charge in [-0.15, -0.1) is 0 Å². The standard InChI is InChI=1S/C17H23N3O2S/c1-3-20(4-2)11-7-10-18-16(21)12-15-17(22)19-13-8-5-6-9-14(13)23-15/h5-6,8-9,12H,3-4,7,10-11H2,1-2H3,(H,18,21)(H,19,22). The Morgan fingerprint density at radius 3 is 2.78 bits per heavy atom. The van der Waals surface area contributed by atoms with Crippen LogP contribution in [0.15, 0.2) is 40.1 Å². The quantitative estimate of drug-likeness (QED) is 0.594. The van der Waals surface area contributed by atoms with Crippen LogP contribution in [0.2, 0.25) is 0 Å². The van der Waals surface area contributed by atoms with Crippen LogP contribution < -0.4 is 10.6 Å². The number of nitrogens with zero attached hydrogens (tertiary/aromatic N) is 1. The minimum Gasteiger partial charge on any atom is -0.352 e. The van der Waals surface area contributed by atoms with Gasteiger partial charge in [0.2, 0.25) is 5.91 Å². The zero-order valence-corrected chi connectivity index (χ0v) is 14.4. The first-order chi connectivity index (χ1) is 11.1. The van der Waals surface area contributed by atoms with E-state index in [4.69, 9.17) is 0 Å². The van der Waals surface area contributed by atoms with Gasteiger partial charge in [0.1, 0.15) is 0 Å². The third kappa shape index (κ3) is 5.11. The maximum atomic E-state index is 12.0. The molecule has 1 aromatic carbocycles. The highest BCUT2D eigenvalue weighted by Gasteiger charge is 2.21. The van der Waals surface area contributed by atoms with E-state index < -0.39 is 0 Å². The Morgan fingerprint density at radius 1 is 1.30 bits per heavy atom.